The fourth-order valence-corrected chi connectivity index (χ4v) is 1.13. The molecule has 0 heterocycles. The summed E-state index contributed by atoms with van der Waals surface area (Å²) in [7, 11) is 0. The Morgan fingerprint density at radius 2 is 0.818 bits per heavy atom. The molecule has 0 fully saturated rings. The maximum atomic E-state index is 2.12. The SMILES string of the molecule is [NaH].c1ccc2ccccc2c1. The van der Waals surface area contributed by atoms with Crippen LogP contribution >= 0.6 is 0 Å². The van der Waals surface area contributed by atoms with Crippen molar-refractivity contribution in [3.63, 3.8) is 0 Å². The van der Waals surface area contributed by atoms with Gasteiger partial charge in [0.1, 0.15) is 0 Å². The van der Waals surface area contributed by atoms with Gasteiger partial charge in [0.15, 0.2) is 0 Å². The van der Waals surface area contributed by atoms with Gasteiger partial charge < -0.3 is 0 Å². The quantitative estimate of drug-likeness (QED) is 0.507. The molecule has 0 bridgehead atoms. The third-order valence-electron chi connectivity index (χ3n) is 1.66. The second-order valence-corrected chi connectivity index (χ2v) is 2.35. The Kier molecular flexibility index (Phi) is 3.13. The van der Waals surface area contributed by atoms with Crippen molar-refractivity contribution in [2.24, 2.45) is 0 Å². The number of rotatable bonds is 0. The van der Waals surface area contributed by atoms with Crippen LogP contribution in [0, 0.1) is 0 Å². The van der Waals surface area contributed by atoms with Crippen molar-refractivity contribution in [2.45, 2.75) is 0 Å². The molecular weight excluding hydrogens is 143 g/mol. The molecule has 0 saturated carbocycles. The third kappa shape index (κ3) is 1.84. The van der Waals surface area contributed by atoms with E-state index in [9.17, 15) is 0 Å². The van der Waals surface area contributed by atoms with Crippen molar-refractivity contribution in [1.82, 2.24) is 0 Å². The summed E-state index contributed by atoms with van der Waals surface area (Å²) in [4.78, 5) is 0. The number of benzene rings is 2. The van der Waals surface area contributed by atoms with Crippen LogP contribution in [0.5, 0.6) is 0 Å². The summed E-state index contributed by atoms with van der Waals surface area (Å²) in [6.07, 6.45) is 0. The first-order valence-corrected chi connectivity index (χ1v) is 3.40. The summed E-state index contributed by atoms with van der Waals surface area (Å²) in [5.41, 5.74) is 0. The van der Waals surface area contributed by atoms with Crippen molar-refractivity contribution < 1.29 is 0 Å². The molecule has 0 aliphatic heterocycles. The molecule has 0 nitrogen and oxygen atoms in total. The van der Waals surface area contributed by atoms with Gasteiger partial charge in [-0.25, -0.2) is 0 Å². The maximum Gasteiger partial charge on any atom is -0.0184 e. The number of hydrogen-bond donors (Lipinski definition) is 0. The summed E-state index contributed by atoms with van der Waals surface area (Å²) in [5, 5.41) is 2.62. The minimum absolute atomic E-state index is 0. The molecule has 50 valence electrons. The van der Waals surface area contributed by atoms with Crippen LogP contribution in [-0.2, 0) is 0 Å². The van der Waals surface area contributed by atoms with Gasteiger partial charge in [0.2, 0.25) is 0 Å². The summed E-state index contributed by atoms with van der Waals surface area (Å²) < 4.78 is 0. The van der Waals surface area contributed by atoms with Crippen LogP contribution in [0.2, 0.25) is 0 Å². The first kappa shape index (κ1) is 8.79. The van der Waals surface area contributed by atoms with Crippen molar-refractivity contribution in [1.29, 1.82) is 0 Å². The maximum absolute atomic E-state index is 2.12. The average molecular weight is 152 g/mol. The van der Waals surface area contributed by atoms with Gasteiger partial charge in [0.25, 0.3) is 0 Å². The molecule has 0 saturated heterocycles. The Labute approximate surface area is 88.5 Å². The van der Waals surface area contributed by atoms with E-state index in [0.29, 0.717) is 0 Å². The Hall–Kier alpha value is -0.300. The molecule has 11 heavy (non-hydrogen) atoms. The minimum Gasteiger partial charge on any atom is -0.0616 e. The standard InChI is InChI=1S/C10H8.Na.H/c1-2-6-10-8-4-3-7-9(10)5-1;;/h1-8H;;. The molecule has 1 heteroatoms. The van der Waals surface area contributed by atoms with E-state index < -0.39 is 0 Å². The normalized spacial score (nSPS) is 9.09. The zero-order valence-corrected chi connectivity index (χ0v) is 5.62. The van der Waals surface area contributed by atoms with E-state index >= 15 is 0 Å². The predicted molar refractivity (Wildman–Crippen MR) is 51.1 cm³/mol. The first-order valence-electron chi connectivity index (χ1n) is 3.40. The molecule has 2 aromatic carbocycles. The van der Waals surface area contributed by atoms with E-state index in [4.69, 9.17) is 0 Å². The van der Waals surface area contributed by atoms with Gasteiger partial charge >= 0.3 is 29.6 Å². The smallest absolute Gasteiger partial charge is 0.0184 e. The van der Waals surface area contributed by atoms with Crippen LogP contribution in [-0.4, -0.2) is 29.6 Å². The van der Waals surface area contributed by atoms with Gasteiger partial charge in [0.05, 0.1) is 0 Å². The van der Waals surface area contributed by atoms with E-state index in [1.165, 1.54) is 10.8 Å². The van der Waals surface area contributed by atoms with E-state index in [1.807, 2.05) is 0 Å². The fraction of sp³-hybridized carbons (Fsp3) is 0. The van der Waals surface area contributed by atoms with Gasteiger partial charge in [-0.1, -0.05) is 48.5 Å². The van der Waals surface area contributed by atoms with Crippen molar-refractivity contribution in [2.75, 3.05) is 0 Å². The molecule has 2 rings (SSSR count). The second kappa shape index (κ2) is 3.91. The van der Waals surface area contributed by atoms with Gasteiger partial charge in [0, 0.05) is 0 Å². The molecule has 0 spiro atoms. The average Bonchev–Trinajstić information content (AvgIpc) is 2.05. The molecule has 2 aromatic rings. The van der Waals surface area contributed by atoms with Crippen LogP contribution < -0.4 is 0 Å². The molecule has 0 atom stereocenters. The molecule has 0 N–H and O–H groups in total. The Morgan fingerprint density at radius 1 is 0.545 bits per heavy atom. The molecule has 0 radical (unpaired) electrons. The van der Waals surface area contributed by atoms with Crippen LogP contribution in [0.1, 0.15) is 0 Å². The van der Waals surface area contributed by atoms with Crippen LogP contribution in [0.4, 0.5) is 0 Å². The molecular formula is C10H9Na. The first-order chi connectivity index (χ1) is 4.97. The number of fused-ring (bicyclic) bond motifs is 1. The van der Waals surface area contributed by atoms with Crippen LogP contribution in [0.15, 0.2) is 48.5 Å². The second-order valence-electron chi connectivity index (χ2n) is 2.35. The minimum atomic E-state index is 0. The van der Waals surface area contributed by atoms with E-state index in [0.717, 1.165) is 0 Å². The Balaban J connectivity index is 0.000000605. The molecule has 0 aromatic heterocycles. The van der Waals surface area contributed by atoms with Crippen LogP contribution in [0.25, 0.3) is 10.8 Å². The fourth-order valence-electron chi connectivity index (χ4n) is 1.13. The van der Waals surface area contributed by atoms with Crippen molar-refractivity contribution in [3.8, 4) is 0 Å². The predicted octanol–water partition coefficient (Wildman–Crippen LogP) is 2.19. The van der Waals surface area contributed by atoms with Crippen molar-refractivity contribution >= 4 is 40.3 Å². The molecule has 0 aliphatic rings. The summed E-state index contributed by atoms with van der Waals surface area (Å²) >= 11 is 0. The van der Waals surface area contributed by atoms with Gasteiger partial charge in [-0.05, 0) is 10.8 Å². The molecule has 0 aliphatic carbocycles. The zero-order valence-electron chi connectivity index (χ0n) is 5.62. The van der Waals surface area contributed by atoms with Crippen molar-refractivity contribution in [3.05, 3.63) is 48.5 Å². The Morgan fingerprint density at radius 3 is 1.09 bits per heavy atom. The topological polar surface area (TPSA) is 0 Å². The third-order valence-corrected chi connectivity index (χ3v) is 1.66. The van der Waals surface area contributed by atoms with Crippen LogP contribution in [0.3, 0.4) is 0 Å². The van der Waals surface area contributed by atoms with E-state index in [1.54, 1.807) is 0 Å². The van der Waals surface area contributed by atoms with Gasteiger partial charge in [-0.2, -0.15) is 0 Å². The summed E-state index contributed by atoms with van der Waals surface area (Å²) in [6.45, 7) is 0. The molecule has 0 amide bonds. The monoisotopic (exact) mass is 152 g/mol. The van der Waals surface area contributed by atoms with Gasteiger partial charge in [-0.3, -0.25) is 0 Å². The largest absolute Gasteiger partial charge is 0.0616 e. The summed E-state index contributed by atoms with van der Waals surface area (Å²) in [6, 6.07) is 16.7. The molecule has 0 unspecified atom stereocenters. The van der Waals surface area contributed by atoms with Gasteiger partial charge in [-0.15, -0.1) is 0 Å². The Bertz CT molecular complexity index is 276. The van der Waals surface area contributed by atoms with E-state index in [2.05, 4.69) is 48.5 Å². The van der Waals surface area contributed by atoms with E-state index in [-0.39, 0.29) is 29.6 Å². The summed E-state index contributed by atoms with van der Waals surface area (Å²) in [5.74, 6) is 0. The zero-order chi connectivity index (χ0) is 6.81. The number of hydrogen-bond acceptors (Lipinski definition) is 0.